The summed E-state index contributed by atoms with van der Waals surface area (Å²) in [4.78, 5) is 15.0. The number of hydrogen-bond donors (Lipinski definition) is 0. The van der Waals surface area contributed by atoms with Gasteiger partial charge in [-0.3, -0.25) is 4.79 Å². The summed E-state index contributed by atoms with van der Waals surface area (Å²) in [6.45, 7) is 0.659. The molecular formula is C27H27Cl2NO4. The van der Waals surface area contributed by atoms with Crippen LogP contribution in [0, 0.1) is 0 Å². The molecule has 3 aromatic carbocycles. The van der Waals surface area contributed by atoms with Crippen molar-refractivity contribution in [2.75, 3.05) is 35.4 Å². The van der Waals surface area contributed by atoms with Crippen molar-refractivity contribution in [1.82, 2.24) is 4.90 Å². The average Bonchev–Trinajstić information content (AvgIpc) is 2.80. The molecule has 3 aromatic rings. The highest BCUT2D eigenvalue weighted by atomic mass is 35.5. The zero-order chi connectivity index (χ0) is 24.8. The summed E-state index contributed by atoms with van der Waals surface area (Å²) in [6.07, 6.45) is 3.26. The summed E-state index contributed by atoms with van der Waals surface area (Å²) in [5.74, 6) is 1.78. The van der Waals surface area contributed by atoms with E-state index >= 15 is 0 Å². The van der Waals surface area contributed by atoms with E-state index < -0.39 is 0 Å². The van der Waals surface area contributed by atoms with Crippen LogP contribution in [0.5, 0.6) is 17.2 Å². The highest BCUT2D eigenvalue weighted by Crippen LogP contribution is 2.38. The fraction of sp³-hybridized carbons (Fsp3) is 0.222. The van der Waals surface area contributed by atoms with Gasteiger partial charge in [-0.15, -0.1) is 0 Å². The van der Waals surface area contributed by atoms with Gasteiger partial charge in [0.25, 0.3) is 0 Å². The third-order valence-electron chi connectivity index (χ3n) is 5.19. The summed E-state index contributed by atoms with van der Waals surface area (Å²) in [5, 5.41) is 1.03. The van der Waals surface area contributed by atoms with Gasteiger partial charge in [0.15, 0.2) is 5.78 Å². The van der Waals surface area contributed by atoms with E-state index in [0.29, 0.717) is 39.2 Å². The molecule has 0 unspecified atom stereocenters. The molecule has 0 aliphatic rings. The van der Waals surface area contributed by atoms with Gasteiger partial charge < -0.3 is 19.1 Å². The quantitative estimate of drug-likeness (QED) is 0.243. The Hall–Kier alpha value is -2.99. The summed E-state index contributed by atoms with van der Waals surface area (Å²) in [7, 11) is 8.71. The minimum atomic E-state index is -0.132. The predicted molar refractivity (Wildman–Crippen MR) is 139 cm³/mol. The third kappa shape index (κ3) is 6.11. The molecule has 0 saturated heterocycles. The van der Waals surface area contributed by atoms with Crippen molar-refractivity contribution in [2.24, 2.45) is 0 Å². The second kappa shape index (κ2) is 11.4. The van der Waals surface area contributed by atoms with E-state index in [0.717, 1.165) is 22.4 Å². The normalized spacial score (nSPS) is 11.2. The van der Waals surface area contributed by atoms with E-state index in [4.69, 9.17) is 37.4 Å². The molecule has 0 radical (unpaired) electrons. The smallest absolute Gasteiger partial charge is 0.185 e. The molecule has 3 rings (SSSR count). The molecule has 0 bridgehead atoms. The van der Waals surface area contributed by atoms with Crippen LogP contribution in [-0.4, -0.2) is 46.1 Å². The van der Waals surface area contributed by atoms with Crippen molar-refractivity contribution in [1.29, 1.82) is 0 Å². The molecule has 0 N–H and O–H groups in total. The third-order valence-corrected chi connectivity index (χ3v) is 5.63. The molecule has 0 spiro atoms. The van der Waals surface area contributed by atoms with Crippen molar-refractivity contribution >= 4 is 35.1 Å². The fourth-order valence-corrected chi connectivity index (χ4v) is 4.17. The van der Waals surface area contributed by atoms with Gasteiger partial charge in [-0.1, -0.05) is 23.2 Å². The van der Waals surface area contributed by atoms with E-state index in [1.54, 1.807) is 57.7 Å². The number of ether oxygens (including phenoxy) is 3. The minimum absolute atomic E-state index is 0.132. The van der Waals surface area contributed by atoms with E-state index in [2.05, 4.69) is 0 Å². The SMILES string of the molecule is COc1cc(OC)c(-c2cc(Cl)cc(Cl)c2)cc1C=CC(=O)c1ccc(OC)c(CN(C)C)c1. The van der Waals surface area contributed by atoms with Gasteiger partial charge in [0.2, 0.25) is 0 Å². The average molecular weight is 500 g/mol. The first-order valence-electron chi connectivity index (χ1n) is 10.5. The maximum absolute atomic E-state index is 13.0. The van der Waals surface area contributed by atoms with Gasteiger partial charge in [0.05, 0.1) is 21.3 Å². The number of nitrogens with zero attached hydrogens (tertiary/aromatic N) is 1. The van der Waals surface area contributed by atoms with E-state index in [1.807, 2.05) is 37.2 Å². The van der Waals surface area contributed by atoms with E-state index in [1.165, 1.54) is 6.08 Å². The summed E-state index contributed by atoms with van der Waals surface area (Å²) < 4.78 is 16.5. The summed E-state index contributed by atoms with van der Waals surface area (Å²) >= 11 is 12.4. The molecule has 0 aromatic heterocycles. The first-order chi connectivity index (χ1) is 16.2. The Balaban J connectivity index is 2.00. The van der Waals surface area contributed by atoms with Gasteiger partial charge >= 0.3 is 0 Å². The van der Waals surface area contributed by atoms with Crippen LogP contribution in [0.15, 0.2) is 54.6 Å². The number of benzene rings is 3. The Morgan fingerprint density at radius 1 is 0.853 bits per heavy atom. The highest BCUT2D eigenvalue weighted by Gasteiger charge is 2.14. The van der Waals surface area contributed by atoms with Gasteiger partial charge in [-0.25, -0.2) is 0 Å². The molecule has 0 aliphatic heterocycles. The zero-order valence-electron chi connectivity index (χ0n) is 19.8. The molecule has 0 aliphatic carbocycles. The van der Waals surface area contributed by atoms with Crippen LogP contribution >= 0.6 is 23.2 Å². The second-order valence-electron chi connectivity index (χ2n) is 7.91. The van der Waals surface area contributed by atoms with Crippen molar-refractivity contribution in [3.05, 3.63) is 81.3 Å². The van der Waals surface area contributed by atoms with Crippen LogP contribution in [0.1, 0.15) is 21.5 Å². The Kier molecular flexibility index (Phi) is 8.61. The number of rotatable bonds is 9. The Morgan fingerprint density at radius 2 is 1.50 bits per heavy atom. The van der Waals surface area contributed by atoms with Crippen LogP contribution in [0.25, 0.3) is 17.2 Å². The molecule has 5 nitrogen and oxygen atoms in total. The number of halogens is 2. The van der Waals surface area contributed by atoms with Crippen molar-refractivity contribution in [3.8, 4) is 28.4 Å². The number of allylic oxidation sites excluding steroid dienone is 1. The molecule has 178 valence electrons. The first-order valence-corrected chi connectivity index (χ1v) is 11.3. The lowest BCUT2D eigenvalue weighted by Crippen LogP contribution is -2.12. The van der Waals surface area contributed by atoms with Crippen molar-refractivity contribution in [2.45, 2.75) is 6.54 Å². The maximum Gasteiger partial charge on any atom is 0.185 e. The number of hydrogen-bond acceptors (Lipinski definition) is 5. The number of carbonyl (C=O) groups is 1. The van der Waals surface area contributed by atoms with Crippen LogP contribution in [0.3, 0.4) is 0 Å². The number of methoxy groups -OCH3 is 3. The summed E-state index contributed by atoms with van der Waals surface area (Å²) in [6, 6.07) is 14.4. The Bertz CT molecular complexity index is 1200. The van der Waals surface area contributed by atoms with Crippen molar-refractivity contribution in [3.63, 3.8) is 0 Å². The fourth-order valence-electron chi connectivity index (χ4n) is 3.65. The van der Waals surface area contributed by atoms with Crippen LogP contribution in [-0.2, 0) is 6.54 Å². The molecule has 34 heavy (non-hydrogen) atoms. The molecule has 0 atom stereocenters. The lowest BCUT2D eigenvalue weighted by molar-refractivity contribution is 0.104. The minimum Gasteiger partial charge on any atom is -0.496 e. The largest absolute Gasteiger partial charge is 0.496 e. The molecule has 0 heterocycles. The van der Waals surface area contributed by atoms with E-state index in [-0.39, 0.29) is 5.78 Å². The maximum atomic E-state index is 13.0. The zero-order valence-corrected chi connectivity index (χ0v) is 21.3. The Labute approximate surface area is 210 Å². The van der Waals surface area contributed by atoms with Gasteiger partial charge in [0.1, 0.15) is 17.2 Å². The van der Waals surface area contributed by atoms with Crippen LogP contribution in [0.2, 0.25) is 10.0 Å². The van der Waals surface area contributed by atoms with E-state index in [9.17, 15) is 4.79 Å². The lowest BCUT2D eigenvalue weighted by Gasteiger charge is -2.15. The predicted octanol–water partition coefficient (Wildman–Crippen LogP) is 6.64. The number of ketones is 1. The molecular weight excluding hydrogens is 473 g/mol. The number of carbonyl (C=O) groups excluding carboxylic acids is 1. The van der Waals surface area contributed by atoms with Gasteiger partial charge in [0, 0.05) is 44.9 Å². The molecule has 0 amide bonds. The van der Waals surface area contributed by atoms with Crippen molar-refractivity contribution < 1.29 is 19.0 Å². The molecule has 0 saturated carbocycles. The standard InChI is InChI=1S/C27H27Cl2NO4/c1-30(2)16-20-10-17(7-9-25(20)32-3)24(31)8-6-18-13-23(27(34-5)15-26(18)33-4)19-11-21(28)14-22(29)12-19/h6-15H,16H2,1-5H3. The van der Waals surface area contributed by atoms with Crippen LogP contribution < -0.4 is 14.2 Å². The highest BCUT2D eigenvalue weighted by molar-refractivity contribution is 6.35. The van der Waals surface area contributed by atoms with Gasteiger partial charge in [-0.05, 0) is 74.3 Å². The second-order valence-corrected chi connectivity index (χ2v) is 8.79. The first kappa shape index (κ1) is 25.6. The summed E-state index contributed by atoms with van der Waals surface area (Å²) in [5.41, 5.74) is 3.79. The van der Waals surface area contributed by atoms with Gasteiger partial charge in [-0.2, -0.15) is 0 Å². The Morgan fingerprint density at radius 3 is 2.09 bits per heavy atom. The molecule has 0 fully saturated rings. The van der Waals surface area contributed by atoms with Crippen LogP contribution in [0.4, 0.5) is 0 Å². The lowest BCUT2D eigenvalue weighted by atomic mass is 9.99. The monoisotopic (exact) mass is 499 g/mol. The molecule has 7 heteroatoms. The topological polar surface area (TPSA) is 48.0 Å².